The summed E-state index contributed by atoms with van der Waals surface area (Å²) in [4.78, 5) is 4.56. The van der Waals surface area contributed by atoms with Crippen molar-refractivity contribution in [1.82, 2.24) is 10.6 Å². The van der Waals surface area contributed by atoms with E-state index in [0.717, 1.165) is 31.6 Å². The summed E-state index contributed by atoms with van der Waals surface area (Å²) < 4.78 is 40.7. The zero-order valence-corrected chi connectivity index (χ0v) is 18.9. The van der Waals surface area contributed by atoms with Crippen LogP contribution in [0.2, 0.25) is 0 Å². The summed E-state index contributed by atoms with van der Waals surface area (Å²) in [6.45, 7) is 5.91. The minimum absolute atomic E-state index is 0. The fourth-order valence-electron chi connectivity index (χ4n) is 2.87. The van der Waals surface area contributed by atoms with Gasteiger partial charge in [0.1, 0.15) is 0 Å². The number of alkyl halides is 2. The van der Waals surface area contributed by atoms with Gasteiger partial charge in [-0.3, -0.25) is 0 Å². The molecule has 1 unspecified atom stereocenters. The van der Waals surface area contributed by atoms with E-state index in [9.17, 15) is 8.78 Å². The summed E-state index contributed by atoms with van der Waals surface area (Å²) in [5.41, 5.74) is 0.660. The van der Waals surface area contributed by atoms with Gasteiger partial charge in [0.2, 0.25) is 0 Å². The third-order valence-electron chi connectivity index (χ3n) is 4.22. The molecule has 1 aromatic carbocycles. The monoisotopic (exact) mass is 513 g/mol. The van der Waals surface area contributed by atoms with Crippen LogP contribution in [0.4, 0.5) is 8.78 Å². The van der Waals surface area contributed by atoms with Crippen molar-refractivity contribution in [1.29, 1.82) is 0 Å². The first-order valence-electron chi connectivity index (χ1n) is 9.32. The van der Waals surface area contributed by atoms with Crippen LogP contribution >= 0.6 is 24.0 Å². The predicted molar refractivity (Wildman–Crippen MR) is 116 cm³/mol. The van der Waals surface area contributed by atoms with Crippen LogP contribution in [-0.2, 0) is 11.3 Å². The summed E-state index contributed by atoms with van der Waals surface area (Å²) in [5.74, 6) is 0.992. The van der Waals surface area contributed by atoms with Crippen molar-refractivity contribution in [3.05, 3.63) is 23.8 Å². The number of ether oxygens (including phenoxy) is 3. The van der Waals surface area contributed by atoms with Gasteiger partial charge in [-0.15, -0.1) is 24.0 Å². The normalized spacial score (nSPS) is 19.3. The summed E-state index contributed by atoms with van der Waals surface area (Å²) in [7, 11) is 0. The first-order chi connectivity index (χ1) is 13.0. The third-order valence-corrected chi connectivity index (χ3v) is 4.22. The molecule has 1 heterocycles. The van der Waals surface area contributed by atoms with Crippen molar-refractivity contribution in [3.8, 4) is 11.5 Å². The number of rotatable bonds is 9. The Hall–Kier alpha value is -1.36. The van der Waals surface area contributed by atoms with Crippen molar-refractivity contribution >= 4 is 29.9 Å². The molecule has 2 N–H and O–H groups in total. The highest BCUT2D eigenvalue weighted by atomic mass is 127. The lowest BCUT2D eigenvalue weighted by molar-refractivity contribution is -0.0514. The zero-order valence-electron chi connectivity index (χ0n) is 16.6. The Balaban J connectivity index is 0.00000392. The summed E-state index contributed by atoms with van der Waals surface area (Å²) in [5, 5.41) is 6.51. The molecule has 1 atom stereocenters. The van der Waals surface area contributed by atoms with Crippen LogP contribution in [0.15, 0.2) is 23.2 Å². The van der Waals surface area contributed by atoms with Crippen LogP contribution in [0.5, 0.6) is 11.5 Å². The standard InChI is InChI=1S/C19H29F2N3O3.HI/c1-4-22-18(24-13-19(3)9-6-10-26-19)23-12-14-7-8-15(27-17(20)21)16(11-14)25-5-2;/h7-8,11,17H,4-6,9-10,12-13H2,1-3H3,(H2,22,23,24);1H. The van der Waals surface area contributed by atoms with Gasteiger partial charge in [0.15, 0.2) is 17.5 Å². The molecule has 0 amide bonds. The van der Waals surface area contributed by atoms with Gasteiger partial charge in [-0.2, -0.15) is 8.78 Å². The van der Waals surface area contributed by atoms with Crippen molar-refractivity contribution in [2.45, 2.75) is 52.4 Å². The maximum atomic E-state index is 12.5. The van der Waals surface area contributed by atoms with Gasteiger partial charge in [0.05, 0.1) is 18.8 Å². The number of benzene rings is 1. The Labute approximate surface area is 182 Å². The fraction of sp³-hybridized carbons (Fsp3) is 0.632. The van der Waals surface area contributed by atoms with Crippen LogP contribution in [0.3, 0.4) is 0 Å². The van der Waals surface area contributed by atoms with Gasteiger partial charge in [0.25, 0.3) is 0 Å². The highest BCUT2D eigenvalue weighted by Gasteiger charge is 2.29. The number of hydrogen-bond acceptors (Lipinski definition) is 4. The number of aliphatic imine (C=N–C) groups is 1. The van der Waals surface area contributed by atoms with Crippen LogP contribution in [0.1, 0.15) is 39.2 Å². The first-order valence-corrected chi connectivity index (χ1v) is 9.32. The van der Waals surface area contributed by atoms with E-state index in [2.05, 4.69) is 27.3 Å². The molecule has 0 bridgehead atoms. The number of nitrogens with one attached hydrogen (secondary N) is 2. The predicted octanol–water partition coefficient (Wildman–Crippen LogP) is 3.93. The Morgan fingerprint density at radius 3 is 2.68 bits per heavy atom. The molecule has 0 aromatic heterocycles. The summed E-state index contributed by atoms with van der Waals surface area (Å²) in [6.07, 6.45) is 2.09. The molecule has 160 valence electrons. The van der Waals surface area contributed by atoms with E-state index in [4.69, 9.17) is 9.47 Å². The van der Waals surface area contributed by atoms with Crippen LogP contribution < -0.4 is 20.1 Å². The van der Waals surface area contributed by atoms with Crippen molar-refractivity contribution in [2.24, 2.45) is 4.99 Å². The molecule has 6 nitrogen and oxygen atoms in total. The van der Waals surface area contributed by atoms with E-state index < -0.39 is 6.61 Å². The Morgan fingerprint density at radius 2 is 2.07 bits per heavy atom. The average molecular weight is 513 g/mol. The van der Waals surface area contributed by atoms with E-state index in [1.807, 2.05) is 6.92 Å². The minimum Gasteiger partial charge on any atom is -0.490 e. The number of halogens is 3. The highest BCUT2D eigenvalue weighted by Crippen LogP contribution is 2.30. The molecule has 0 radical (unpaired) electrons. The van der Waals surface area contributed by atoms with Crippen LogP contribution in [0.25, 0.3) is 0 Å². The molecular formula is C19H30F2IN3O3. The Bertz CT molecular complexity index is 626. The second kappa shape index (κ2) is 12.3. The molecule has 1 saturated heterocycles. The largest absolute Gasteiger partial charge is 0.490 e. The molecule has 2 rings (SSSR count). The molecule has 28 heavy (non-hydrogen) atoms. The minimum atomic E-state index is -2.89. The van der Waals surface area contributed by atoms with E-state index in [0.29, 0.717) is 25.7 Å². The maximum Gasteiger partial charge on any atom is 0.387 e. The number of nitrogens with zero attached hydrogens (tertiary/aromatic N) is 1. The fourth-order valence-corrected chi connectivity index (χ4v) is 2.87. The summed E-state index contributed by atoms with van der Waals surface area (Å²) in [6, 6.07) is 4.86. The molecule has 0 aliphatic carbocycles. The summed E-state index contributed by atoms with van der Waals surface area (Å²) >= 11 is 0. The average Bonchev–Trinajstić information content (AvgIpc) is 3.06. The molecule has 0 spiro atoms. The van der Waals surface area contributed by atoms with Crippen molar-refractivity contribution in [3.63, 3.8) is 0 Å². The first kappa shape index (κ1) is 24.7. The zero-order chi connectivity index (χ0) is 19.7. The smallest absolute Gasteiger partial charge is 0.387 e. The second-order valence-corrected chi connectivity index (χ2v) is 6.54. The molecular weight excluding hydrogens is 483 g/mol. The van der Waals surface area contributed by atoms with E-state index in [1.54, 1.807) is 19.1 Å². The highest BCUT2D eigenvalue weighted by molar-refractivity contribution is 14.0. The van der Waals surface area contributed by atoms with Crippen molar-refractivity contribution < 1.29 is 23.0 Å². The van der Waals surface area contributed by atoms with E-state index >= 15 is 0 Å². The lowest BCUT2D eigenvalue weighted by Gasteiger charge is -2.24. The van der Waals surface area contributed by atoms with E-state index in [1.165, 1.54) is 6.07 Å². The molecule has 1 fully saturated rings. The van der Waals surface area contributed by atoms with Gasteiger partial charge in [-0.05, 0) is 51.3 Å². The lowest BCUT2D eigenvalue weighted by Crippen LogP contribution is -2.45. The van der Waals surface area contributed by atoms with Gasteiger partial charge in [-0.25, -0.2) is 4.99 Å². The number of guanidine groups is 1. The Morgan fingerprint density at radius 1 is 1.29 bits per heavy atom. The SMILES string of the molecule is CCNC(=NCc1ccc(OC(F)F)c(OCC)c1)NCC1(C)CCCO1.I. The molecule has 9 heteroatoms. The van der Waals surface area contributed by atoms with Crippen LogP contribution in [-0.4, -0.2) is 44.5 Å². The topological polar surface area (TPSA) is 64.1 Å². The lowest BCUT2D eigenvalue weighted by atomic mass is 10.0. The molecule has 1 aliphatic rings. The van der Waals surface area contributed by atoms with E-state index in [-0.39, 0.29) is 41.1 Å². The molecule has 1 aliphatic heterocycles. The molecule has 1 aromatic rings. The van der Waals surface area contributed by atoms with Gasteiger partial charge < -0.3 is 24.8 Å². The Kier molecular flexibility index (Phi) is 10.8. The third kappa shape index (κ3) is 7.94. The maximum absolute atomic E-state index is 12.5. The van der Waals surface area contributed by atoms with Gasteiger partial charge in [0, 0.05) is 19.7 Å². The number of hydrogen-bond donors (Lipinski definition) is 2. The van der Waals surface area contributed by atoms with Crippen LogP contribution in [0, 0.1) is 0 Å². The second-order valence-electron chi connectivity index (χ2n) is 6.54. The quantitative estimate of drug-likeness (QED) is 0.298. The van der Waals surface area contributed by atoms with Gasteiger partial charge in [-0.1, -0.05) is 6.07 Å². The van der Waals surface area contributed by atoms with Gasteiger partial charge >= 0.3 is 6.61 Å². The van der Waals surface area contributed by atoms with Crippen molar-refractivity contribution in [2.75, 3.05) is 26.3 Å². The molecule has 0 saturated carbocycles.